The summed E-state index contributed by atoms with van der Waals surface area (Å²) in [5, 5.41) is 15.1. The van der Waals surface area contributed by atoms with Crippen molar-refractivity contribution >= 4 is 80.8 Å². The van der Waals surface area contributed by atoms with Gasteiger partial charge in [-0.15, -0.1) is 0 Å². The molecule has 0 bridgehead atoms. The van der Waals surface area contributed by atoms with E-state index in [2.05, 4.69) is 15.3 Å². The van der Waals surface area contributed by atoms with Gasteiger partial charge in [-0.1, -0.05) is 53.5 Å². The van der Waals surface area contributed by atoms with Gasteiger partial charge in [0.1, 0.15) is 5.69 Å². The topological polar surface area (TPSA) is 95.1 Å². The fourth-order valence-electron chi connectivity index (χ4n) is 3.97. The SMILES string of the molecule is O=C(/C=C/c1c(C(=O)O)[nH]c2ccc(Cl)cc12)Nc1cccc(/C=C/c2ccc3ccc(Cl)cc3n2)c1. The summed E-state index contributed by atoms with van der Waals surface area (Å²) in [6.45, 7) is 0. The maximum Gasteiger partial charge on any atom is 0.352 e. The summed E-state index contributed by atoms with van der Waals surface area (Å²) in [5.74, 6) is -1.53. The molecule has 1 amide bonds. The van der Waals surface area contributed by atoms with Crippen molar-refractivity contribution in [2.75, 3.05) is 5.32 Å². The monoisotopic (exact) mass is 527 g/mol. The molecule has 6 nitrogen and oxygen atoms in total. The van der Waals surface area contributed by atoms with Crippen molar-refractivity contribution in [1.82, 2.24) is 9.97 Å². The number of nitrogens with one attached hydrogen (secondary N) is 2. The van der Waals surface area contributed by atoms with Gasteiger partial charge in [0.25, 0.3) is 0 Å². The first-order chi connectivity index (χ1) is 17.9. The van der Waals surface area contributed by atoms with Crippen LogP contribution < -0.4 is 5.32 Å². The first-order valence-electron chi connectivity index (χ1n) is 11.2. The Bertz CT molecular complexity index is 1740. The summed E-state index contributed by atoms with van der Waals surface area (Å²) in [6, 6.07) is 21.8. The molecule has 37 heavy (non-hydrogen) atoms. The molecule has 0 aliphatic heterocycles. The van der Waals surface area contributed by atoms with Crippen LogP contribution in [0.25, 0.3) is 40.0 Å². The van der Waals surface area contributed by atoms with Crippen molar-refractivity contribution in [1.29, 1.82) is 0 Å². The Morgan fingerprint density at radius 2 is 1.68 bits per heavy atom. The van der Waals surface area contributed by atoms with Crippen LogP contribution in [0.5, 0.6) is 0 Å². The number of anilines is 1. The summed E-state index contributed by atoms with van der Waals surface area (Å²) < 4.78 is 0. The molecule has 5 rings (SSSR count). The Hall–Kier alpha value is -4.39. The van der Waals surface area contributed by atoms with Gasteiger partial charge in [0.2, 0.25) is 5.91 Å². The number of pyridine rings is 1. The minimum atomic E-state index is -1.13. The number of carboxylic acids is 1. The van der Waals surface area contributed by atoms with Gasteiger partial charge in [-0.3, -0.25) is 4.79 Å². The molecule has 8 heteroatoms. The van der Waals surface area contributed by atoms with Crippen LogP contribution in [0.1, 0.15) is 27.3 Å². The zero-order chi connectivity index (χ0) is 25.9. The van der Waals surface area contributed by atoms with Crippen LogP contribution in [-0.2, 0) is 4.79 Å². The fourth-order valence-corrected chi connectivity index (χ4v) is 4.31. The van der Waals surface area contributed by atoms with Crippen LogP contribution in [0, 0.1) is 0 Å². The molecule has 0 fully saturated rings. The van der Waals surface area contributed by atoms with E-state index in [4.69, 9.17) is 23.2 Å². The molecule has 0 aliphatic rings. The molecular formula is C29H19Cl2N3O3. The number of aromatic amines is 1. The van der Waals surface area contributed by atoms with E-state index in [1.165, 1.54) is 12.2 Å². The lowest BCUT2D eigenvalue weighted by Gasteiger charge is -2.04. The lowest BCUT2D eigenvalue weighted by Crippen LogP contribution is -2.08. The van der Waals surface area contributed by atoms with E-state index in [1.807, 2.05) is 60.7 Å². The van der Waals surface area contributed by atoms with Gasteiger partial charge >= 0.3 is 5.97 Å². The first kappa shape index (κ1) is 24.3. The third-order valence-electron chi connectivity index (χ3n) is 5.69. The van der Waals surface area contributed by atoms with E-state index >= 15 is 0 Å². The van der Waals surface area contributed by atoms with Crippen molar-refractivity contribution in [3.05, 3.63) is 111 Å². The highest BCUT2D eigenvalue weighted by Gasteiger charge is 2.15. The predicted molar refractivity (Wildman–Crippen MR) is 150 cm³/mol. The summed E-state index contributed by atoms with van der Waals surface area (Å²) in [6.07, 6.45) is 6.55. The number of aromatic nitrogens is 2. The van der Waals surface area contributed by atoms with Crippen LogP contribution in [0.15, 0.2) is 78.9 Å². The Kier molecular flexibility index (Phi) is 6.77. The van der Waals surface area contributed by atoms with E-state index < -0.39 is 11.9 Å². The second kappa shape index (κ2) is 10.3. The smallest absolute Gasteiger partial charge is 0.352 e. The maximum atomic E-state index is 12.6. The number of hydrogen-bond acceptors (Lipinski definition) is 3. The third-order valence-corrected chi connectivity index (χ3v) is 6.16. The largest absolute Gasteiger partial charge is 0.477 e. The number of nitrogens with zero attached hydrogens (tertiary/aromatic N) is 1. The van der Waals surface area contributed by atoms with Crippen LogP contribution in [0.3, 0.4) is 0 Å². The summed E-state index contributed by atoms with van der Waals surface area (Å²) in [4.78, 5) is 31.8. The van der Waals surface area contributed by atoms with Crippen molar-refractivity contribution in [2.45, 2.75) is 0 Å². The van der Waals surface area contributed by atoms with Crippen LogP contribution in [0.2, 0.25) is 10.0 Å². The van der Waals surface area contributed by atoms with Crippen LogP contribution in [-0.4, -0.2) is 27.0 Å². The van der Waals surface area contributed by atoms with E-state index in [0.717, 1.165) is 22.2 Å². The standard InChI is InChI=1S/C29H19Cl2N3O3/c30-19-8-12-25-24(15-19)23(28(34-25)29(36)37)11-13-27(35)33-22-3-1-2-17(14-22)4-9-21-10-6-18-5-7-20(31)16-26(18)32-21/h1-16,34H,(H,33,35)(H,36,37)/b9-4+,13-11+. The zero-order valence-electron chi connectivity index (χ0n) is 19.2. The lowest BCUT2D eigenvalue weighted by atomic mass is 10.1. The Morgan fingerprint density at radius 3 is 2.51 bits per heavy atom. The van der Waals surface area contributed by atoms with Gasteiger partial charge in [0.15, 0.2) is 0 Å². The van der Waals surface area contributed by atoms with Crippen molar-refractivity contribution in [3.63, 3.8) is 0 Å². The molecule has 3 aromatic carbocycles. The lowest BCUT2D eigenvalue weighted by molar-refractivity contribution is -0.111. The van der Waals surface area contributed by atoms with Crippen molar-refractivity contribution in [2.24, 2.45) is 0 Å². The van der Waals surface area contributed by atoms with Crippen molar-refractivity contribution in [3.8, 4) is 0 Å². The highest BCUT2D eigenvalue weighted by molar-refractivity contribution is 6.31. The Balaban J connectivity index is 1.32. The number of hydrogen-bond donors (Lipinski definition) is 3. The molecule has 5 aromatic rings. The highest BCUT2D eigenvalue weighted by Crippen LogP contribution is 2.27. The molecule has 0 spiro atoms. The molecule has 0 saturated heterocycles. The predicted octanol–water partition coefficient (Wildman–Crippen LogP) is 7.54. The average Bonchev–Trinajstić information content (AvgIpc) is 3.24. The van der Waals surface area contributed by atoms with Gasteiger partial charge < -0.3 is 15.4 Å². The number of benzene rings is 3. The van der Waals surface area contributed by atoms with Crippen molar-refractivity contribution < 1.29 is 14.7 Å². The average molecular weight is 528 g/mol. The molecule has 0 saturated carbocycles. The molecule has 182 valence electrons. The summed E-state index contributed by atoms with van der Waals surface area (Å²) in [5.41, 5.74) is 4.03. The fraction of sp³-hybridized carbons (Fsp3) is 0. The number of carbonyl (C=O) groups is 2. The van der Waals surface area contributed by atoms with E-state index in [0.29, 0.717) is 32.2 Å². The second-order valence-electron chi connectivity index (χ2n) is 8.26. The zero-order valence-corrected chi connectivity index (χ0v) is 20.7. The quantitative estimate of drug-likeness (QED) is 0.199. The van der Waals surface area contributed by atoms with Gasteiger partial charge in [0.05, 0.1) is 11.2 Å². The number of carboxylic acid groups (broad SMARTS) is 1. The minimum Gasteiger partial charge on any atom is -0.477 e. The van der Waals surface area contributed by atoms with E-state index in [9.17, 15) is 14.7 Å². The number of carbonyl (C=O) groups excluding carboxylic acids is 1. The summed E-state index contributed by atoms with van der Waals surface area (Å²) in [7, 11) is 0. The first-order valence-corrected chi connectivity index (χ1v) is 12.0. The van der Waals surface area contributed by atoms with Crippen LogP contribution >= 0.6 is 23.2 Å². The molecule has 0 aliphatic carbocycles. The van der Waals surface area contributed by atoms with Gasteiger partial charge in [-0.25, -0.2) is 9.78 Å². The molecule has 3 N–H and O–H groups in total. The molecule has 0 unspecified atom stereocenters. The van der Waals surface area contributed by atoms with Crippen LogP contribution in [0.4, 0.5) is 5.69 Å². The Labute approximate surface area is 221 Å². The van der Waals surface area contributed by atoms with E-state index in [-0.39, 0.29) is 5.69 Å². The van der Waals surface area contributed by atoms with E-state index in [1.54, 1.807) is 24.3 Å². The molecular weight excluding hydrogens is 509 g/mol. The Morgan fingerprint density at radius 1 is 0.892 bits per heavy atom. The normalized spacial score (nSPS) is 11.6. The number of H-pyrrole nitrogens is 1. The van der Waals surface area contributed by atoms with Gasteiger partial charge in [0, 0.05) is 43.7 Å². The summed E-state index contributed by atoms with van der Waals surface area (Å²) >= 11 is 12.2. The highest BCUT2D eigenvalue weighted by atomic mass is 35.5. The molecule has 2 heterocycles. The second-order valence-corrected chi connectivity index (χ2v) is 9.14. The third kappa shape index (κ3) is 5.56. The van der Waals surface area contributed by atoms with Gasteiger partial charge in [-0.05, 0) is 66.2 Å². The molecule has 0 atom stereocenters. The number of fused-ring (bicyclic) bond motifs is 2. The number of amides is 1. The maximum absolute atomic E-state index is 12.6. The molecule has 2 aromatic heterocycles. The molecule has 0 radical (unpaired) electrons. The number of rotatable bonds is 6. The number of halogens is 2. The van der Waals surface area contributed by atoms with Gasteiger partial charge in [-0.2, -0.15) is 0 Å². The number of aromatic carboxylic acids is 1. The minimum absolute atomic E-state index is 0.0157.